The number of fused-ring (bicyclic) bond motifs is 3. The number of carbonyl (C=O) groups excluding carboxylic acids is 1. The number of rotatable bonds is 2. The van der Waals surface area contributed by atoms with Crippen molar-refractivity contribution in [2.24, 2.45) is 0 Å². The lowest BCUT2D eigenvalue weighted by atomic mass is 10.1. The topological polar surface area (TPSA) is 56.1 Å². The van der Waals surface area contributed by atoms with Gasteiger partial charge in [-0.05, 0) is 37.1 Å². The van der Waals surface area contributed by atoms with Gasteiger partial charge in [-0.1, -0.05) is 35.9 Å². The number of hydrogen-bond acceptors (Lipinski definition) is 3. The van der Waals surface area contributed by atoms with E-state index in [0.717, 1.165) is 16.5 Å². The lowest BCUT2D eigenvalue weighted by Gasteiger charge is -2.10. The van der Waals surface area contributed by atoms with E-state index in [9.17, 15) is 13.2 Å². The first kappa shape index (κ1) is 14.2. The summed E-state index contributed by atoms with van der Waals surface area (Å²) in [7, 11) is -3.80. The van der Waals surface area contributed by atoms with Crippen LogP contribution in [-0.2, 0) is 16.4 Å². The molecule has 1 aliphatic carbocycles. The van der Waals surface area contributed by atoms with E-state index < -0.39 is 10.0 Å². The Bertz CT molecular complexity index is 1040. The molecule has 0 atom stereocenters. The minimum absolute atomic E-state index is 0.105. The predicted molar refractivity (Wildman–Crippen MR) is 88.4 cm³/mol. The smallest absolute Gasteiger partial charge is 0.268 e. The van der Waals surface area contributed by atoms with Crippen LogP contribution in [0.5, 0.6) is 0 Å². The molecule has 1 aromatic heterocycles. The number of carbonyl (C=O) groups is 1. The van der Waals surface area contributed by atoms with Crippen LogP contribution >= 0.6 is 0 Å². The third-order valence-electron chi connectivity index (χ3n) is 4.36. The monoisotopic (exact) mass is 325 g/mol. The van der Waals surface area contributed by atoms with Crippen molar-refractivity contribution in [2.45, 2.75) is 24.7 Å². The van der Waals surface area contributed by atoms with E-state index in [-0.39, 0.29) is 10.7 Å². The molecule has 2 aromatic carbocycles. The van der Waals surface area contributed by atoms with Gasteiger partial charge in [0.05, 0.1) is 10.4 Å². The molecule has 116 valence electrons. The zero-order chi connectivity index (χ0) is 16.2. The average Bonchev–Trinajstić information content (AvgIpc) is 3.06. The fourth-order valence-electron chi connectivity index (χ4n) is 3.23. The summed E-state index contributed by atoms with van der Waals surface area (Å²) < 4.78 is 27.5. The summed E-state index contributed by atoms with van der Waals surface area (Å²) in [5, 5.41) is 0.851. The first-order valence-electron chi connectivity index (χ1n) is 7.48. The van der Waals surface area contributed by atoms with Crippen molar-refractivity contribution in [3.05, 3.63) is 65.4 Å². The van der Waals surface area contributed by atoms with Gasteiger partial charge in [0, 0.05) is 11.8 Å². The molecule has 0 aliphatic heterocycles. The molecule has 0 amide bonds. The predicted octanol–water partition coefficient (Wildman–Crippen LogP) is 3.32. The van der Waals surface area contributed by atoms with Crippen LogP contribution in [-0.4, -0.2) is 18.2 Å². The van der Waals surface area contributed by atoms with E-state index in [1.165, 1.54) is 3.97 Å². The van der Waals surface area contributed by atoms with Gasteiger partial charge >= 0.3 is 0 Å². The molecule has 23 heavy (non-hydrogen) atoms. The molecule has 0 radical (unpaired) electrons. The Hall–Kier alpha value is -2.40. The van der Waals surface area contributed by atoms with Crippen molar-refractivity contribution in [3.63, 3.8) is 0 Å². The van der Waals surface area contributed by atoms with Gasteiger partial charge in [-0.2, -0.15) is 0 Å². The molecule has 5 heteroatoms. The van der Waals surface area contributed by atoms with Crippen molar-refractivity contribution >= 4 is 26.7 Å². The number of ketones is 1. The van der Waals surface area contributed by atoms with Crippen LogP contribution in [0.1, 0.15) is 28.0 Å². The fourth-order valence-corrected chi connectivity index (χ4v) is 4.79. The van der Waals surface area contributed by atoms with Gasteiger partial charge in [0.2, 0.25) is 0 Å². The summed E-state index contributed by atoms with van der Waals surface area (Å²) in [6.07, 6.45) is 0.976. The van der Waals surface area contributed by atoms with Gasteiger partial charge in [0.1, 0.15) is 5.69 Å². The van der Waals surface area contributed by atoms with Crippen molar-refractivity contribution in [1.82, 2.24) is 3.97 Å². The minimum atomic E-state index is -3.80. The molecule has 0 unspecified atom stereocenters. The minimum Gasteiger partial charge on any atom is -0.292 e. The Balaban J connectivity index is 2.08. The second-order valence-corrected chi connectivity index (χ2v) is 7.64. The Labute approximate surface area is 134 Å². The lowest BCUT2D eigenvalue weighted by Crippen LogP contribution is -2.17. The molecular formula is C18H15NO3S. The maximum absolute atomic E-state index is 13.1. The van der Waals surface area contributed by atoms with Gasteiger partial charge in [0.25, 0.3) is 10.0 Å². The Morgan fingerprint density at radius 3 is 2.39 bits per heavy atom. The molecule has 0 spiro atoms. The van der Waals surface area contributed by atoms with E-state index in [1.807, 2.05) is 19.1 Å². The number of nitrogens with zero attached hydrogens (tertiary/aromatic N) is 1. The summed E-state index contributed by atoms with van der Waals surface area (Å²) in [4.78, 5) is 12.5. The number of Topliss-reactive ketones (excluding diaryl/α,β-unsaturated/α-hetero) is 1. The molecular weight excluding hydrogens is 310 g/mol. The molecule has 3 aromatic rings. The zero-order valence-electron chi connectivity index (χ0n) is 12.6. The maximum atomic E-state index is 13.1. The van der Waals surface area contributed by atoms with Gasteiger partial charge in [-0.3, -0.25) is 4.79 Å². The van der Waals surface area contributed by atoms with E-state index in [4.69, 9.17) is 0 Å². The van der Waals surface area contributed by atoms with Crippen LogP contribution in [0.15, 0.2) is 53.4 Å². The van der Waals surface area contributed by atoms with E-state index in [0.29, 0.717) is 24.1 Å². The van der Waals surface area contributed by atoms with E-state index in [2.05, 4.69) is 0 Å². The molecule has 1 aliphatic rings. The number of hydrogen-bond donors (Lipinski definition) is 0. The number of para-hydroxylation sites is 1. The van der Waals surface area contributed by atoms with Crippen LogP contribution in [0.2, 0.25) is 0 Å². The Kier molecular flexibility index (Phi) is 2.96. The number of benzene rings is 2. The third kappa shape index (κ3) is 1.96. The van der Waals surface area contributed by atoms with Crippen LogP contribution in [0.25, 0.3) is 10.9 Å². The second kappa shape index (κ2) is 4.80. The summed E-state index contributed by atoms with van der Waals surface area (Å²) in [6, 6.07) is 14.0. The van der Waals surface area contributed by atoms with Crippen molar-refractivity contribution in [2.75, 3.05) is 0 Å². The normalized spacial score (nSPS) is 14.4. The molecule has 0 fully saturated rings. The van der Waals surface area contributed by atoms with Gasteiger partial charge in [0.15, 0.2) is 5.78 Å². The third-order valence-corrected chi connectivity index (χ3v) is 6.09. The van der Waals surface area contributed by atoms with Crippen LogP contribution in [0.4, 0.5) is 0 Å². The Morgan fingerprint density at radius 1 is 0.957 bits per heavy atom. The summed E-state index contributed by atoms with van der Waals surface area (Å²) in [5.41, 5.74) is 2.74. The maximum Gasteiger partial charge on any atom is 0.268 e. The first-order valence-corrected chi connectivity index (χ1v) is 8.92. The van der Waals surface area contributed by atoms with Crippen molar-refractivity contribution < 1.29 is 13.2 Å². The van der Waals surface area contributed by atoms with E-state index in [1.54, 1.807) is 36.4 Å². The molecule has 0 bridgehead atoms. The SMILES string of the molecule is Cc1ccc(S(=O)(=O)n2c3c(c4ccccc42)CCC3=O)cc1. The standard InChI is InChI=1S/C18H15NO3S/c1-12-6-8-13(9-7-12)23(21,22)19-16-5-3-2-4-14(16)15-10-11-17(20)18(15)19/h2-9H,10-11H2,1H3. The second-order valence-electron chi connectivity index (χ2n) is 5.85. The lowest BCUT2D eigenvalue weighted by molar-refractivity contribution is 0.0989. The molecule has 0 N–H and O–H groups in total. The highest BCUT2D eigenvalue weighted by molar-refractivity contribution is 7.90. The zero-order valence-corrected chi connectivity index (χ0v) is 13.4. The van der Waals surface area contributed by atoms with Crippen LogP contribution < -0.4 is 0 Å². The average molecular weight is 325 g/mol. The van der Waals surface area contributed by atoms with Gasteiger partial charge in [-0.15, -0.1) is 0 Å². The number of aryl methyl sites for hydroxylation is 2. The highest BCUT2D eigenvalue weighted by atomic mass is 32.2. The van der Waals surface area contributed by atoms with Crippen LogP contribution in [0, 0.1) is 6.92 Å². The summed E-state index contributed by atoms with van der Waals surface area (Å²) in [5.74, 6) is -0.105. The fraction of sp³-hybridized carbons (Fsp3) is 0.167. The van der Waals surface area contributed by atoms with Gasteiger partial charge < -0.3 is 0 Å². The van der Waals surface area contributed by atoms with Crippen molar-refractivity contribution in [3.8, 4) is 0 Å². The Morgan fingerprint density at radius 2 is 1.65 bits per heavy atom. The highest BCUT2D eigenvalue weighted by Gasteiger charge is 2.33. The van der Waals surface area contributed by atoms with E-state index >= 15 is 0 Å². The highest BCUT2D eigenvalue weighted by Crippen LogP contribution is 2.35. The quantitative estimate of drug-likeness (QED) is 0.726. The summed E-state index contributed by atoms with van der Waals surface area (Å²) >= 11 is 0. The molecule has 0 saturated heterocycles. The molecule has 4 rings (SSSR count). The first-order chi connectivity index (χ1) is 11.0. The van der Waals surface area contributed by atoms with Crippen molar-refractivity contribution in [1.29, 1.82) is 0 Å². The molecule has 4 nitrogen and oxygen atoms in total. The number of aromatic nitrogens is 1. The van der Waals surface area contributed by atoms with Gasteiger partial charge in [-0.25, -0.2) is 12.4 Å². The molecule has 1 heterocycles. The largest absolute Gasteiger partial charge is 0.292 e. The summed E-state index contributed by atoms with van der Waals surface area (Å²) in [6.45, 7) is 1.91. The molecule has 0 saturated carbocycles. The van der Waals surface area contributed by atoms with Crippen LogP contribution in [0.3, 0.4) is 0 Å².